The van der Waals surface area contributed by atoms with Gasteiger partial charge in [-0.2, -0.15) is 0 Å². The molecule has 0 spiro atoms. The van der Waals surface area contributed by atoms with E-state index in [0.29, 0.717) is 5.28 Å². The highest BCUT2D eigenvalue weighted by Crippen LogP contribution is 2.20. The zero-order chi connectivity index (χ0) is 10.8. The zero-order valence-corrected chi connectivity index (χ0v) is 9.18. The van der Waals surface area contributed by atoms with Crippen LogP contribution in [0.1, 0.15) is 25.6 Å². The third-order valence-corrected chi connectivity index (χ3v) is 2.21. The van der Waals surface area contributed by atoms with Crippen LogP contribution in [0.2, 0.25) is 5.28 Å². The van der Waals surface area contributed by atoms with Crippen LogP contribution in [0.3, 0.4) is 0 Å². The number of rotatable bonds is 2. The van der Waals surface area contributed by atoms with Gasteiger partial charge in [-0.15, -0.1) is 10.2 Å². The molecule has 5 nitrogen and oxygen atoms in total. The summed E-state index contributed by atoms with van der Waals surface area (Å²) in [6.07, 6.45) is 4.82. The highest BCUT2D eigenvalue weighted by Gasteiger charge is 2.14. The van der Waals surface area contributed by atoms with Gasteiger partial charge in [0.25, 0.3) is 0 Å². The minimum Gasteiger partial charge on any atom is -0.266 e. The summed E-state index contributed by atoms with van der Waals surface area (Å²) in [7, 11) is 0. The van der Waals surface area contributed by atoms with E-state index in [4.69, 9.17) is 11.6 Å². The lowest BCUT2D eigenvalue weighted by molar-refractivity contribution is 0.743. The van der Waals surface area contributed by atoms with Gasteiger partial charge in [-0.1, -0.05) is 13.8 Å². The lowest BCUT2D eigenvalue weighted by atomic mass is 10.2. The Balaban J connectivity index is 2.57. The average molecular weight is 224 g/mol. The number of hydrogen-bond acceptors (Lipinski definition) is 4. The first kappa shape index (κ1) is 10.0. The lowest BCUT2D eigenvalue weighted by Crippen LogP contribution is -2.04. The van der Waals surface area contributed by atoms with Crippen molar-refractivity contribution in [2.24, 2.45) is 0 Å². The topological polar surface area (TPSA) is 56.5 Å². The molecule has 78 valence electrons. The molecule has 0 bridgehead atoms. The van der Waals surface area contributed by atoms with Crippen LogP contribution >= 0.6 is 11.6 Å². The Morgan fingerprint density at radius 2 is 1.87 bits per heavy atom. The molecule has 0 saturated carbocycles. The van der Waals surface area contributed by atoms with Gasteiger partial charge in [0.05, 0.1) is 18.1 Å². The molecule has 0 aliphatic heterocycles. The maximum atomic E-state index is 5.96. The Morgan fingerprint density at radius 1 is 1.20 bits per heavy atom. The van der Waals surface area contributed by atoms with E-state index in [1.807, 2.05) is 13.8 Å². The summed E-state index contributed by atoms with van der Waals surface area (Å²) in [6.45, 7) is 4.06. The van der Waals surface area contributed by atoms with Crippen molar-refractivity contribution in [2.75, 3.05) is 0 Å². The molecule has 0 atom stereocenters. The Morgan fingerprint density at radius 3 is 2.47 bits per heavy atom. The zero-order valence-electron chi connectivity index (χ0n) is 8.42. The van der Waals surface area contributed by atoms with E-state index in [-0.39, 0.29) is 5.92 Å². The minimum absolute atomic E-state index is 0.241. The van der Waals surface area contributed by atoms with Crippen molar-refractivity contribution >= 4 is 11.6 Å². The van der Waals surface area contributed by atoms with Crippen LogP contribution in [-0.4, -0.2) is 24.7 Å². The first-order valence-electron chi connectivity index (χ1n) is 4.56. The highest BCUT2D eigenvalue weighted by atomic mass is 35.5. The molecular formula is C9H10ClN5. The molecular weight excluding hydrogens is 214 g/mol. The SMILES string of the molecule is CC(C)c1nnc(Cl)n1-c1cncnc1. The van der Waals surface area contributed by atoms with Crippen molar-refractivity contribution in [3.8, 4) is 5.69 Å². The maximum Gasteiger partial charge on any atom is 0.229 e. The Labute approximate surface area is 92.2 Å². The van der Waals surface area contributed by atoms with E-state index < -0.39 is 0 Å². The van der Waals surface area contributed by atoms with Crippen molar-refractivity contribution in [3.63, 3.8) is 0 Å². The van der Waals surface area contributed by atoms with Crippen LogP contribution < -0.4 is 0 Å². The van der Waals surface area contributed by atoms with Gasteiger partial charge in [0.2, 0.25) is 5.28 Å². The summed E-state index contributed by atoms with van der Waals surface area (Å²) in [5.74, 6) is 1.04. The van der Waals surface area contributed by atoms with Crippen LogP contribution in [-0.2, 0) is 0 Å². The van der Waals surface area contributed by atoms with E-state index >= 15 is 0 Å². The third-order valence-electron chi connectivity index (χ3n) is 1.97. The summed E-state index contributed by atoms with van der Waals surface area (Å²) in [6, 6.07) is 0. The maximum absolute atomic E-state index is 5.96. The molecule has 0 radical (unpaired) electrons. The number of hydrogen-bond donors (Lipinski definition) is 0. The van der Waals surface area contributed by atoms with Gasteiger partial charge in [0, 0.05) is 5.92 Å². The summed E-state index contributed by atoms with van der Waals surface area (Å²) >= 11 is 5.96. The summed E-state index contributed by atoms with van der Waals surface area (Å²) < 4.78 is 1.74. The largest absolute Gasteiger partial charge is 0.266 e. The molecule has 0 N–H and O–H groups in total. The molecule has 15 heavy (non-hydrogen) atoms. The van der Waals surface area contributed by atoms with Gasteiger partial charge in [0.15, 0.2) is 0 Å². The predicted octanol–water partition coefficient (Wildman–Crippen LogP) is 1.83. The second-order valence-corrected chi connectivity index (χ2v) is 3.75. The van der Waals surface area contributed by atoms with Gasteiger partial charge >= 0.3 is 0 Å². The van der Waals surface area contributed by atoms with Crippen LogP contribution in [0.5, 0.6) is 0 Å². The number of aromatic nitrogens is 5. The predicted molar refractivity (Wildman–Crippen MR) is 56.0 cm³/mol. The average Bonchev–Trinajstić information content (AvgIpc) is 2.61. The normalized spacial score (nSPS) is 10.9. The molecule has 2 heterocycles. The van der Waals surface area contributed by atoms with Crippen molar-refractivity contribution in [1.82, 2.24) is 24.7 Å². The van der Waals surface area contributed by atoms with Crippen molar-refractivity contribution < 1.29 is 0 Å². The van der Waals surface area contributed by atoms with E-state index in [9.17, 15) is 0 Å². The first-order chi connectivity index (χ1) is 7.20. The van der Waals surface area contributed by atoms with Crippen LogP contribution in [0.4, 0.5) is 0 Å². The number of nitrogens with zero attached hydrogens (tertiary/aromatic N) is 5. The van der Waals surface area contributed by atoms with Gasteiger partial charge in [-0.25, -0.2) is 9.97 Å². The van der Waals surface area contributed by atoms with Gasteiger partial charge < -0.3 is 0 Å². The van der Waals surface area contributed by atoms with Crippen molar-refractivity contribution in [1.29, 1.82) is 0 Å². The molecule has 0 aliphatic carbocycles. The summed E-state index contributed by atoms with van der Waals surface area (Å²) in [4.78, 5) is 7.87. The Bertz CT molecular complexity index is 451. The van der Waals surface area contributed by atoms with Gasteiger partial charge in [0.1, 0.15) is 12.2 Å². The summed E-state index contributed by atoms with van der Waals surface area (Å²) in [5.41, 5.74) is 0.774. The molecule has 0 amide bonds. The third kappa shape index (κ3) is 1.83. The fourth-order valence-electron chi connectivity index (χ4n) is 1.30. The fraction of sp³-hybridized carbons (Fsp3) is 0.333. The summed E-state index contributed by atoms with van der Waals surface area (Å²) in [5, 5.41) is 8.18. The van der Waals surface area contributed by atoms with Crippen molar-refractivity contribution in [3.05, 3.63) is 29.8 Å². The Kier molecular flexibility index (Phi) is 2.64. The molecule has 0 aromatic carbocycles. The van der Waals surface area contributed by atoms with E-state index in [1.54, 1.807) is 17.0 Å². The molecule has 2 aromatic heterocycles. The van der Waals surface area contributed by atoms with E-state index in [1.165, 1.54) is 6.33 Å². The first-order valence-corrected chi connectivity index (χ1v) is 4.94. The molecule has 2 aromatic rings. The smallest absolute Gasteiger partial charge is 0.229 e. The highest BCUT2D eigenvalue weighted by molar-refractivity contribution is 6.28. The molecule has 6 heteroatoms. The van der Waals surface area contributed by atoms with Crippen LogP contribution in [0.15, 0.2) is 18.7 Å². The Hall–Kier alpha value is -1.49. The second kappa shape index (κ2) is 3.94. The minimum atomic E-state index is 0.241. The monoisotopic (exact) mass is 223 g/mol. The quantitative estimate of drug-likeness (QED) is 0.780. The van der Waals surface area contributed by atoms with E-state index in [0.717, 1.165) is 11.5 Å². The van der Waals surface area contributed by atoms with Gasteiger partial charge in [-0.05, 0) is 11.6 Å². The van der Waals surface area contributed by atoms with Crippen molar-refractivity contribution in [2.45, 2.75) is 19.8 Å². The van der Waals surface area contributed by atoms with E-state index in [2.05, 4.69) is 20.2 Å². The molecule has 0 unspecified atom stereocenters. The molecule has 0 aliphatic rings. The van der Waals surface area contributed by atoms with Crippen LogP contribution in [0.25, 0.3) is 5.69 Å². The lowest BCUT2D eigenvalue weighted by Gasteiger charge is -2.08. The molecule has 0 saturated heterocycles. The molecule has 2 rings (SSSR count). The standard InChI is InChI=1S/C9H10ClN5/c1-6(2)8-13-14-9(10)15(8)7-3-11-5-12-4-7/h3-6H,1-2H3. The number of halogens is 1. The second-order valence-electron chi connectivity index (χ2n) is 3.41. The fourth-order valence-corrected chi connectivity index (χ4v) is 1.52. The molecule has 0 fully saturated rings. The van der Waals surface area contributed by atoms with Crippen LogP contribution in [0, 0.1) is 0 Å². The van der Waals surface area contributed by atoms with Gasteiger partial charge in [-0.3, -0.25) is 4.57 Å².